The summed E-state index contributed by atoms with van der Waals surface area (Å²) in [7, 11) is -4.11. The lowest BCUT2D eigenvalue weighted by Gasteiger charge is -2.34. The number of ether oxygens (including phenoxy) is 1. The van der Waals surface area contributed by atoms with Crippen LogP contribution in [0, 0.1) is 24.0 Å². The number of hydrogen-bond acceptors (Lipinski definition) is 12. The molecule has 2 bridgehead atoms. The smallest absolute Gasteiger partial charge is 0.319 e. The van der Waals surface area contributed by atoms with Gasteiger partial charge in [0.05, 0.1) is 34.0 Å². The molecule has 5 fully saturated rings. The Balaban J connectivity index is 0.878. The van der Waals surface area contributed by atoms with Gasteiger partial charge in [-0.25, -0.2) is 18.4 Å². The number of benzene rings is 3. The predicted octanol–water partition coefficient (Wildman–Crippen LogP) is 5.95. The predicted molar refractivity (Wildman–Crippen MR) is 224 cm³/mol. The van der Waals surface area contributed by atoms with Crippen molar-refractivity contribution >= 4 is 37.6 Å². The molecule has 1 aliphatic carbocycles. The van der Waals surface area contributed by atoms with Crippen LogP contribution in [-0.4, -0.2) is 99.5 Å². The highest BCUT2D eigenvalue weighted by molar-refractivity contribution is 7.86. The van der Waals surface area contributed by atoms with E-state index in [0.29, 0.717) is 66.1 Å². The SMILES string of the molecule is C#Cc1c(F)ccc2cccc(-c3ncc4c(N5C[C@H]6CC[C@@H](C5)N6)nc(OC[C@@]56CCCN5C[C@H](OS(=O)(=O)c5cccc(Cn7cnc(C8CC8)n7)c5)C6)nc4c3F)c12. The van der Waals surface area contributed by atoms with E-state index in [1.807, 2.05) is 6.07 Å². The lowest BCUT2D eigenvalue weighted by atomic mass is 9.94. The molecule has 0 radical (unpaired) electrons. The molecule has 6 aromatic rings. The molecular formula is C45H43F2N9O4S. The summed E-state index contributed by atoms with van der Waals surface area (Å²) >= 11 is 0. The molecule has 1 N–H and O–H groups in total. The van der Waals surface area contributed by atoms with E-state index in [1.54, 1.807) is 59.7 Å². The van der Waals surface area contributed by atoms with E-state index in [-0.39, 0.29) is 46.4 Å². The monoisotopic (exact) mass is 843 g/mol. The second-order valence-electron chi connectivity index (χ2n) is 17.2. The van der Waals surface area contributed by atoms with E-state index in [2.05, 4.69) is 36.1 Å². The van der Waals surface area contributed by atoms with E-state index >= 15 is 4.39 Å². The van der Waals surface area contributed by atoms with Gasteiger partial charge in [0.1, 0.15) is 35.8 Å². The van der Waals surface area contributed by atoms with Crippen LogP contribution in [0.5, 0.6) is 6.01 Å². The van der Waals surface area contributed by atoms with Gasteiger partial charge in [-0.2, -0.15) is 23.5 Å². The molecule has 3 aromatic heterocycles. The zero-order valence-corrected chi connectivity index (χ0v) is 34.1. The van der Waals surface area contributed by atoms with Gasteiger partial charge in [0, 0.05) is 54.8 Å². The Bertz CT molecular complexity index is 2870. The van der Waals surface area contributed by atoms with Gasteiger partial charge < -0.3 is 15.0 Å². The Labute approximate surface area is 351 Å². The maximum absolute atomic E-state index is 17.1. The van der Waals surface area contributed by atoms with Gasteiger partial charge in [-0.1, -0.05) is 42.3 Å². The molecule has 0 spiro atoms. The Kier molecular flexibility index (Phi) is 9.30. The van der Waals surface area contributed by atoms with Crippen molar-refractivity contribution in [1.82, 2.24) is 39.9 Å². The molecule has 61 heavy (non-hydrogen) atoms. The van der Waals surface area contributed by atoms with Crippen LogP contribution in [0.4, 0.5) is 14.6 Å². The minimum Gasteiger partial charge on any atom is -0.461 e. The number of fused-ring (bicyclic) bond motifs is 5. The van der Waals surface area contributed by atoms with Gasteiger partial charge in [0.2, 0.25) is 0 Å². The molecule has 7 heterocycles. The number of nitrogens with one attached hydrogen (secondary N) is 1. The molecule has 0 amide bonds. The number of nitrogens with zero attached hydrogens (tertiary/aromatic N) is 8. The van der Waals surface area contributed by atoms with Crippen LogP contribution in [0.3, 0.4) is 0 Å². The van der Waals surface area contributed by atoms with Crippen molar-refractivity contribution < 1.29 is 26.1 Å². The summed E-state index contributed by atoms with van der Waals surface area (Å²) < 4.78 is 73.8. The summed E-state index contributed by atoms with van der Waals surface area (Å²) in [6, 6.07) is 15.5. The fourth-order valence-electron chi connectivity index (χ4n) is 10.0. The maximum Gasteiger partial charge on any atom is 0.319 e. The molecular weight excluding hydrogens is 801 g/mol. The summed E-state index contributed by atoms with van der Waals surface area (Å²) in [4.78, 5) is 23.1. The Morgan fingerprint density at radius 1 is 0.984 bits per heavy atom. The van der Waals surface area contributed by atoms with Gasteiger partial charge in [-0.05, 0) is 80.6 Å². The van der Waals surface area contributed by atoms with Gasteiger partial charge in [-0.3, -0.25) is 14.1 Å². The molecule has 312 valence electrons. The highest BCUT2D eigenvalue weighted by atomic mass is 32.2. The molecule has 16 heteroatoms. The number of piperazine rings is 1. The number of pyridine rings is 1. The van der Waals surface area contributed by atoms with Gasteiger partial charge in [0.15, 0.2) is 11.6 Å². The van der Waals surface area contributed by atoms with E-state index in [4.69, 9.17) is 25.3 Å². The average Bonchev–Trinajstić information content (AvgIpc) is 3.53. The van der Waals surface area contributed by atoms with Crippen molar-refractivity contribution in [3.05, 3.63) is 95.7 Å². The summed E-state index contributed by atoms with van der Waals surface area (Å²) in [5, 5.41) is 9.69. The summed E-state index contributed by atoms with van der Waals surface area (Å²) in [5.74, 6) is 2.96. The summed E-state index contributed by atoms with van der Waals surface area (Å²) in [5.41, 5.74) is 0.634. The molecule has 4 atom stereocenters. The van der Waals surface area contributed by atoms with Crippen molar-refractivity contribution in [3.8, 4) is 29.6 Å². The fraction of sp³-hybridized carbons (Fsp3) is 0.400. The molecule has 5 aliphatic rings. The first-order valence-electron chi connectivity index (χ1n) is 21.0. The highest BCUT2D eigenvalue weighted by Crippen LogP contribution is 2.43. The Hall–Kier alpha value is -5.60. The van der Waals surface area contributed by atoms with Crippen LogP contribution in [0.2, 0.25) is 0 Å². The van der Waals surface area contributed by atoms with Crippen molar-refractivity contribution in [2.24, 2.45) is 0 Å². The van der Waals surface area contributed by atoms with Crippen LogP contribution < -0.4 is 15.0 Å². The highest BCUT2D eigenvalue weighted by Gasteiger charge is 2.51. The fourth-order valence-corrected chi connectivity index (χ4v) is 11.2. The summed E-state index contributed by atoms with van der Waals surface area (Å²) in [6.07, 6.45) is 14.8. The van der Waals surface area contributed by atoms with Crippen LogP contribution in [0.1, 0.15) is 67.8 Å². The number of anilines is 1. The van der Waals surface area contributed by atoms with E-state index in [1.165, 1.54) is 6.07 Å². The molecule has 13 nitrogen and oxygen atoms in total. The largest absolute Gasteiger partial charge is 0.461 e. The number of hydrogen-bond donors (Lipinski definition) is 1. The minimum absolute atomic E-state index is 0.00405. The van der Waals surface area contributed by atoms with Crippen LogP contribution >= 0.6 is 0 Å². The molecule has 3 aromatic carbocycles. The molecule has 4 aliphatic heterocycles. The first-order valence-corrected chi connectivity index (χ1v) is 22.4. The quantitative estimate of drug-likeness (QED) is 0.122. The van der Waals surface area contributed by atoms with Crippen LogP contribution in [-0.2, 0) is 20.8 Å². The lowest BCUT2D eigenvalue weighted by molar-refractivity contribution is 0.107. The number of terminal acetylenes is 1. The number of rotatable bonds is 11. The second-order valence-corrected chi connectivity index (χ2v) is 18.8. The zero-order valence-electron chi connectivity index (χ0n) is 33.3. The maximum atomic E-state index is 17.1. The summed E-state index contributed by atoms with van der Waals surface area (Å²) in [6.45, 7) is 3.06. The third-order valence-electron chi connectivity index (χ3n) is 13.1. The molecule has 4 saturated heterocycles. The first-order chi connectivity index (χ1) is 29.6. The van der Waals surface area contributed by atoms with Gasteiger partial charge in [0.25, 0.3) is 10.1 Å². The van der Waals surface area contributed by atoms with Crippen LogP contribution in [0.15, 0.2) is 72.0 Å². The number of aromatic nitrogens is 6. The number of halogens is 2. The topological polar surface area (TPSA) is 140 Å². The molecule has 1 saturated carbocycles. The normalized spacial score (nSPS) is 23.8. The van der Waals surface area contributed by atoms with E-state index in [9.17, 15) is 12.8 Å². The Morgan fingerprint density at radius 3 is 2.64 bits per heavy atom. The third-order valence-corrected chi connectivity index (χ3v) is 14.4. The second kappa shape index (κ2) is 14.8. The van der Waals surface area contributed by atoms with E-state index < -0.39 is 33.4 Å². The Morgan fingerprint density at radius 2 is 1.82 bits per heavy atom. The first kappa shape index (κ1) is 38.3. The standard InChI is InChI=1S/C45H43F2N9O4S/c1-2-34-37(46)15-12-28-7-4-9-35(38(28)34)40-39(47)41-36(20-48-40)43(54-22-30-13-14-31(23-54)50-30)52-44(51-41)59-25-45-16-5-17-55(45)24-32(19-45)60-61(57,58)33-8-3-6-27(18-33)21-56-26-49-42(53-56)29-10-11-29/h1,3-4,6-9,12,15,18,20,26,29-32,50H,5,10-11,13-14,16-17,19,21-25H2/t30-,31+,32-,45+/m1/s1. The van der Waals surface area contributed by atoms with Gasteiger partial charge >= 0.3 is 6.01 Å². The third kappa shape index (κ3) is 6.97. The van der Waals surface area contributed by atoms with E-state index in [0.717, 1.165) is 56.5 Å². The van der Waals surface area contributed by atoms with Crippen molar-refractivity contribution in [1.29, 1.82) is 0 Å². The zero-order chi connectivity index (χ0) is 41.5. The molecule has 0 unspecified atom stereocenters. The van der Waals surface area contributed by atoms with Crippen molar-refractivity contribution in [2.45, 2.75) is 86.0 Å². The molecule has 11 rings (SSSR count). The van der Waals surface area contributed by atoms with Gasteiger partial charge in [-0.15, -0.1) is 6.42 Å². The van der Waals surface area contributed by atoms with Crippen molar-refractivity contribution in [3.63, 3.8) is 0 Å². The lowest BCUT2D eigenvalue weighted by Crippen LogP contribution is -2.51. The average molecular weight is 844 g/mol. The van der Waals surface area contributed by atoms with Crippen LogP contribution in [0.25, 0.3) is 32.9 Å². The van der Waals surface area contributed by atoms with Crippen molar-refractivity contribution in [2.75, 3.05) is 37.7 Å². The minimum atomic E-state index is -4.11.